The van der Waals surface area contributed by atoms with E-state index in [0.717, 1.165) is 23.4 Å². The Kier molecular flexibility index (Phi) is 3.87. The van der Waals surface area contributed by atoms with Crippen LogP contribution in [0.5, 0.6) is 5.75 Å². The first-order chi connectivity index (χ1) is 8.19. The van der Waals surface area contributed by atoms with Crippen molar-refractivity contribution < 1.29 is 4.74 Å². The molecule has 0 saturated heterocycles. The van der Waals surface area contributed by atoms with Crippen molar-refractivity contribution in [2.75, 3.05) is 12.4 Å². The average Bonchev–Trinajstić information content (AvgIpc) is 2.35. The van der Waals surface area contributed by atoms with Gasteiger partial charge < -0.3 is 10.1 Å². The number of nitrogens with zero attached hydrogens (tertiary/aromatic N) is 1. The van der Waals surface area contributed by atoms with Gasteiger partial charge in [-0.15, -0.1) is 0 Å². The summed E-state index contributed by atoms with van der Waals surface area (Å²) in [5.74, 6) is 3.31. The minimum Gasteiger partial charge on any atom is -0.495 e. The van der Waals surface area contributed by atoms with E-state index in [2.05, 4.69) is 24.1 Å². The summed E-state index contributed by atoms with van der Waals surface area (Å²) in [7, 11) is 1.66. The van der Waals surface area contributed by atoms with Gasteiger partial charge in [0.15, 0.2) is 0 Å². The summed E-state index contributed by atoms with van der Waals surface area (Å²) in [5, 5.41) is 3.55. The molecule has 1 aromatic heterocycles. The van der Waals surface area contributed by atoms with Gasteiger partial charge in [-0.1, -0.05) is 20.3 Å². The molecular formula is C14H22N2O. The SMILES string of the molecule is COc1ccc(N[C@@H]2C[C@H](C)CC[C@H]2C)nc1. The van der Waals surface area contributed by atoms with E-state index < -0.39 is 0 Å². The van der Waals surface area contributed by atoms with Gasteiger partial charge in [-0.05, 0) is 36.8 Å². The highest BCUT2D eigenvalue weighted by atomic mass is 16.5. The van der Waals surface area contributed by atoms with Gasteiger partial charge in [0.1, 0.15) is 11.6 Å². The van der Waals surface area contributed by atoms with Crippen molar-refractivity contribution in [1.82, 2.24) is 4.98 Å². The van der Waals surface area contributed by atoms with E-state index in [0.29, 0.717) is 6.04 Å². The number of pyridine rings is 1. The Morgan fingerprint density at radius 2 is 2.12 bits per heavy atom. The van der Waals surface area contributed by atoms with Crippen LogP contribution in [0.15, 0.2) is 18.3 Å². The Morgan fingerprint density at radius 1 is 1.29 bits per heavy atom. The third kappa shape index (κ3) is 3.11. The maximum absolute atomic E-state index is 5.11. The van der Waals surface area contributed by atoms with E-state index in [1.807, 2.05) is 12.1 Å². The Morgan fingerprint density at radius 3 is 2.76 bits per heavy atom. The standard InChI is InChI=1S/C14H22N2O/c1-10-4-5-11(2)13(8-10)16-14-7-6-12(17-3)9-15-14/h6-7,9-11,13H,4-5,8H2,1-3H3,(H,15,16)/t10-,11-,13-/m1/s1. The first-order valence-corrected chi connectivity index (χ1v) is 6.45. The predicted octanol–water partition coefficient (Wildman–Crippen LogP) is 3.33. The molecule has 1 aliphatic carbocycles. The fourth-order valence-corrected chi connectivity index (χ4v) is 2.51. The van der Waals surface area contributed by atoms with E-state index in [9.17, 15) is 0 Å². The lowest BCUT2D eigenvalue weighted by Gasteiger charge is -2.33. The van der Waals surface area contributed by atoms with Gasteiger partial charge in [0.2, 0.25) is 0 Å². The topological polar surface area (TPSA) is 34.1 Å². The van der Waals surface area contributed by atoms with Crippen LogP contribution in [0.3, 0.4) is 0 Å². The maximum atomic E-state index is 5.11. The lowest BCUT2D eigenvalue weighted by molar-refractivity contribution is 0.280. The van der Waals surface area contributed by atoms with Crippen LogP contribution < -0.4 is 10.1 Å². The molecule has 3 nitrogen and oxygen atoms in total. The average molecular weight is 234 g/mol. The van der Waals surface area contributed by atoms with E-state index in [1.54, 1.807) is 13.3 Å². The highest BCUT2D eigenvalue weighted by Crippen LogP contribution is 2.30. The number of ether oxygens (including phenoxy) is 1. The monoisotopic (exact) mass is 234 g/mol. The molecule has 1 aliphatic rings. The Balaban J connectivity index is 1.98. The van der Waals surface area contributed by atoms with Crippen molar-refractivity contribution >= 4 is 5.82 Å². The van der Waals surface area contributed by atoms with Gasteiger partial charge in [0.05, 0.1) is 13.3 Å². The fourth-order valence-electron chi connectivity index (χ4n) is 2.51. The third-order valence-electron chi connectivity index (χ3n) is 3.76. The first-order valence-electron chi connectivity index (χ1n) is 6.45. The second-order valence-electron chi connectivity index (χ2n) is 5.23. The van der Waals surface area contributed by atoms with Crippen molar-refractivity contribution in [3.05, 3.63) is 18.3 Å². The van der Waals surface area contributed by atoms with Crippen molar-refractivity contribution in [3.63, 3.8) is 0 Å². The number of nitrogens with one attached hydrogen (secondary N) is 1. The number of aromatic nitrogens is 1. The molecule has 0 aromatic carbocycles. The third-order valence-corrected chi connectivity index (χ3v) is 3.76. The molecule has 1 heterocycles. The van der Waals surface area contributed by atoms with Crippen LogP contribution >= 0.6 is 0 Å². The summed E-state index contributed by atoms with van der Waals surface area (Å²) in [6, 6.07) is 4.50. The molecule has 0 unspecified atom stereocenters. The van der Waals surface area contributed by atoms with Gasteiger partial charge in [0, 0.05) is 6.04 Å². The van der Waals surface area contributed by atoms with Gasteiger partial charge in [-0.25, -0.2) is 4.98 Å². The number of rotatable bonds is 3. The Labute approximate surface area is 104 Å². The zero-order chi connectivity index (χ0) is 12.3. The molecular weight excluding hydrogens is 212 g/mol. The minimum absolute atomic E-state index is 0.555. The second-order valence-corrected chi connectivity index (χ2v) is 5.23. The molecule has 3 heteroatoms. The number of anilines is 1. The van der Waals surface area contributed by atoms with Crippen LogP contribution in [0.1, 0.15) is 33.1 Å². The summed E-state index contributed by atoms with van der Waals surface area (Å²) in [6.07, 6.45) is 5.68. The molecule has 1 aromatic rings. The largest absolute Gasteiger partial charge is 0.495 e. The van der Waals surface area contributed by atoms with Crippen molar-refractivity contribution in [2.24, 2.45) is 11.8 Å². The molecule has 3 atom stereocenters. The summed E-state index contributed by atoms with van der Waals surface area (Å²) < 4.78 is 5.11. The Bertz CT molecular complexity index is 350. The van der Waals surface area contributed by atoms with E-state index >= 15 is 0 Å². The highest BCUT2D eigenvalue weighted by Gasteiger charge is 2.25. The molecule has 0 amide bonds. The first kappa shape index (κ1) is 12.2. The molecule has 1 saturated carbocycles. The lowest BCUT2D eigenvalue weighted by Crippen LogP contribution is -2.33. The van der Waals surface area contributed by atoms with Crippen molar-refractivity contribution in [2.45, 2.75) is 39.2 Å². The maximum Gasteiger partial charge on any atom is 0.137 e. The molecule has 0 aliphatic heterocycles. The number of hydrogen-bond acceptors (Lipinski definition) is 3. The number of hydrogen-bond donors (Lipinski definition) is 1. The molecule has 1 fully saturated rings. The molecule has 2 rings (SSSR count). The van der Waals surface area contributed by atoms with E-state index in [4.69, 9.17) is 4.74 Å². The quantitative estimate of drug-likeness (QED) is 0.871. The summed E-state index contributed by atoms with van der Waals surface area (Å²) in [5.41, 5.74) is 0. The van der Waals surface area contributed by atoms with Gasteiger partial charge in [-0.2, -0.15) is 0 Å². The molecule has 0 bridgehead atoms. The predicted molar refractivity (Wildman–Crippen MR) is 70.4 cm³/mol. The van der Waals surface area contributed by atoms with Crippen LogP contribution in [0.2, 0.25) is 0 Å². The zero-order valence-corrected chi connectivity index (χ0v) is 10.9. The summed E-state index contributed by atoms with van der Waals surface area (Å²) in [4.78, 5) is 4.37. The summed E-state index contributed by atoms with van der Waals surface area (Å²) >= 11 is 0. The smallest absolute Gasteiger partial charge is 0.137 e. The van der Waals surface area contributed by atoms with Crippen molar-refractivity contribution in [1.29, 1.82) is 0 Å². The van der Waals surface area contributed by atoms with Crippen LogP contribution in [0, 0.1) is 11.8 Å². The highest BCUT2D eigenvalue weighted by molar-refractivity contribution is 5.38. The van der Waals surface area contributed by atoms with Gasteiger partial charge in [-0.3, -0.25) is 0 Å². The van der Waals surface area contributed by atoms with Crippen molar-refractivity contribution in [3.8, 4) is 5.75 Å². The van der Waals surface area contributed by atoms with E-state index in [-0.39, 0.29) is 0 Å². The lowest BCUT2D eigenvalue weighted by atomic mass is 9.80. The fraction of sp³-hybridized carbons (Fsp3) is 0.643. The Hall–Kier alpha value is -1.25. The zero-order valence-electron chi connectivity index (χ0n) is 10.9. The molecule has 0 radical (unpaired) electrons. The van der Waals surface area contributed by atoms with Crippen LogP contribution in [0.4, 0.5) is 5.82 Å². The number of methoxy groups -OCH3 is 1. The minimum atomic E-state index is 0.555. The van der Waals surface area contributed by atoms with E-state index in [1.165, 1.54) is 19.3 Å². The van der Waals surface area contributed by atoms with Gasteiger partial charge >= 0.3 is 0 Å². The molecule has 1 N–H and O–H groups in total. The normalized spacial score (nSPS) is 28.8. The van der Waals surface area contributed by atoms with Gasteiger partial charge in [0.25, 0.3) is 0 Å². The molecule has 17 heavy (non-hydrogen) atoms. The summed E-state index contributed by atoms with van der Waals surface area (Å²) in [6.45, 7) is 4.66. The van der Waals surface area contributed by atoms with Crippen LogP contribution in [-0.4, -0.2) is 18.1 Å². The molecule has 0 spiro atoms. The van der Waals surface area contributed by atoms with Crippen LogP contribution in [-0.2, 0) is 0 Å². The van der Waals surface area contributed by atoms with Crippen LogP contribution in [0.25, 0.3) is 0 Å². The molecule has 94 valence electrons. The second kappa shape index (κ2) is 5.39.